The van der Waals surface area contributed by atoms with Crippen LogP contribution in [0.15, 0.2) is 351 Å². The molecule has 0 heterocycles. The molecule has 0 bridgehead atoms. The Morgan fingerprint density at radius 1 is 0.490 bits per heavy atom. The lowest BCUT2D eigenvalue weighted by Gasteiger charge is -2.38. The summed E-state index contributed by atoms with van der Waals surface area (Å²) in [6.45, 7) is 21.7. The first-order valence-electron chi connectivity index (χ1n) is 35.6. The van der Waals surface area contributed by atoms with Gasteiger partial charge in [-0.25, -0.2) is 0 Å². The van der Waals surface area contributed by atoms with Crippen molar-refractivity contribution in [3.8, 4) is 22.6 Å². The highest BCUT2D eigenvalue weighted by Gasteiger charge is 2.50. The maximum Gasteiger partial charge on any atom is 0.127 e. The molecule has 0 aliphatic heterocycles. The largest absolute Gasteiger partial charge is 0.461 e. The van der Waals surface area contributed by atoms with E-state index in [0.717, 1.165) is 83.6 Å². The van der Waals surface area contributed by atoms with Crippen LogP contribution in [0.25, 0.3) is 16.7 Å². The molecule has 0 aromatic heterocycles. The summed E-state index contributed by atoms with van der Waals surface area (Å²) in [6.07, 6.45) is 28.8. The number of anilines is 4. The highest BCUT2D eigenvalue weighted by molar-refractivity contribution is 5.91. The van der Waals surface area contributed by atoms with Crippen LogP contribution < -0.4 is 19.3 Å². The molecule has 0 fully saturated rings. The van der Waals surface area contributed by atoms with Gasteiger partial charge in [0.1, 0.15) is 23.0 Å². The van der Waals surface area contributed by atoms with Gasteiger partial charge >= 0.3 is 0 Å². The van der Waals surface area contributed by atoms with E-state index < -0.39 is 10.8 Å². The lowest BCUT2D eigenvalue weighted by molar-refractivity contribution is 0.353. The molecule has 16 rings (SSSR count). The third-order valence-electron chi connectivity index (χ3n) is 22.1. The number of hydrogen-bond donors (Lipinski definition) is 0. The van der Waals surface area contributed by atoms with Gasteiger partial charge in [0.05, 0.1) is 10.8 Å². The van der Waals surface area contributed by atoms with Crippen LogP contribution in [-0.4, -0.2) is 0 Å². The van der Waals surface area contributed by atoms with E-state index in [4.69, 9.17) is 9.47 Å². The topological polar surface area (TPSA) is 24.9 Å². The second-order valence-electron chi connectivity index (χ2n) is 28.4. The van der Waals surface area contributed by atoms with Crippen LogP contribution in [0.1, 0.15) is 118 Å². The van der Waals surface area contributed by atoms with Crippen molar-refractivity contribution in [3.63, 3.8) is 0 Å². The predicted molar refractivity (Wildman–Crippen MR) is 416 cm³/mol. The lowest BCUT2D eigenvalue weighted by atomic mass is 9.65. The lowest BCUT2D eigenvalue weighted by Crippen LogP contribution is -2.31. The standard InChI is InChI=1S/C96H84N2O2/c1-9-69-33-46-80(47-34-69)99-81-48-38-72(39-49-81)95(89-59-64(3)29-31-66(89)5)87-27-19-17-25-83(87)85-52-44-78(62-91(85)95)97(74-21-13-11-14-22-74)76-42-36-71(37-43-76)94(8)57-55-77(56-58-94)98(75-23-15-12-16-24-75)79-45-53-86-84-26-18-20-28-88(84)96(92(86)63-79,90-60-65(4)30-32-67(90)6)73-40-50-82(51-41-73)100-93-54-35-70(10-2)61-68(93)7/h9-33,35-43,45-51,53-57,59-60,62-63,68-69H,1-2,34,44,52,58,61H2,3-8H3. The van der Waals surface area contributed by atoms with Crippen molar-refractivity contribution >= 4 is 28.3 Å². The summed E-state index contributed by atoms with van der Waals surface area (Å²) in [7, 11) is 0. The van der Waals surface area contributed by atoms with E-state index in [2.05, 4.69) is 356 Å². The smallest absolute Gasteiger partial charge is 0.127 e. The number of para-hydroxylation sites is 2. The molecular formula is C96H84N2O2. The number of fused-ring (bicyclic) bond motifs is 5. The predicted octanol–water partition coefficient (Wildman–Crippen LogP) is 24.3. The van der Waals surface area contributed by atoms with Crippen LogP contribution >= 0.6 is 0 Å². The van der Waals surface area contributed by atoms with Crippen molar-refractivity contribution in [1.29, 1.82) is 0 Å². The number of rotatable bonds is 17. The number of ether oxygens (including phenoxy) is 2. The Morgan fingerprint density at radius 3 is 1.68 bits per heavy atom. The Bertz CT molecular complexity index is 5150. The second-order valence-corrected chi connectivity index (χ2v) is 28.4. The molecule has 100 heavy (non-hydrogen) atoms. The fourth-order valence-electron chi connectivity index (χ4n) is 16.9. The number of nitrogens with zero attached hydrogens (tertiary/aromatic N) is 2. The van der Waals surface area contributed by atoms with Gasteiger partial charge in [0.25, 0.3) is 0 Å². The monoisotopic (exact) mass is 1300 g/mol. The molecule has 0 spiro atoms. The van der Waals surface area contributed by atoms with Gasteiger partial charge in [0.2, 0.25) is 0 Å². The average Bonchev–Trinajstić information content (AvgIpc) is 1.53. The van der Waals surface area contributed by atoms with E-state index in [1.807, 2.05) is 12.2 Å². The van der Waals surface area contributed by atoms with Crippen molar-refractivity contribution < 1.29 is 9.47 Å². The minimum Gasteiger partial charge on any atom is -0.461 e. The summed E-state index contributed by atoms with van der Waals surface area (Å²) in [6, 6.07) is 88.6. The Morgan fingerprint density at radius 2 is 1.06 bits per heavy atom. The van der Waals surface area contributed by atoms with Gasteiger partial charge in [-0.15, -0.1) is 6.58 Å². The van der Waals surface area contributed by atoms with Gasteiger partial charge in [-0.05, 0) is 258 Å². The SMILES string of the molecule is C=CC1=CC=C(Oc2ccc(C3(c4cc(C)ccc4C)c4ccccc4-c4ccc(N(C5=CCC(C)(c6ccc(N(C7=CC8=C(CC7)c7ccccc7C8(c7ccc(OC8=CCC(C=C)C=C8)cc7)c7cc(C)ccc7C)c7ccccc7)cc6)C=C5)c5ccccc5)cc43)cc2)C(C)C1. The molecule has 0 amide bonds. The molecule has 0 saturated heterocycles. The van der Waals surface area contributed by atoms with Crippen molar-refractivity contribution in [3.05, 3.63) is 423 Å². The van der Waals surface area contributed by atoms with Gasteiger partial charge in [-0.3, -0.25) is 0 Å². The Hall–Kier alpha value is -11.2. The minimum absolute atomic E-state index is 0.250. The van der Waals surface area contributed by atoms with Crippen LogP contribution in [0.4, 0.5) is 22.7 Å². The molecule has 490 valence electrons. The summed E-state index contributed by atoms with van der Waals surface area (Å²) >= 11 is 0. The summed E-state index contributed by atoms with van der Waals surface area (Å²) in [4.78, 5) is 4.97. The van der Waals surface area contributed by atoms with Gasteiger partial charge in [0.15, 0.2) is 0 Å². The molecule has 6 aliphatic rings. The molecule has 0 saturated carbocycles. The zero-order valence-electron chi connectivity index (χ0n) is 58.2. The van der Waals surface area contributed by atoms with Gasteiger partial charge in [-0.2, -0.15) is 0 Å². The molecule has 10 aromatic rings. The first kappa shape index (κ1) is 63.5. The Kier molecular flexibility index (Phi) is 16.5. The molecule has 0 radical (unpaired) electrons. The molecule has 4 nitrogen and oxygen atoms in total. The summed E-state index contributed by atoms with van der Waals surface area (Å²) in [5.74, 6) is 4.07. The van der Waals surface area contributed by atoms with E-state index in [9.17, 15) is 0 Å². The number of hydrogen-bond acceptors (Lipinski definition) is 4. The van der Waals surface area contributed by atoms with Crippen LogP contribution in [0, 0.1) is 39.5 Å². The van der Waals surface area contributed by atoms with Crippen molar-refractivity contribution in [2.75, 3.05) is 9.80 Å². The van der Waals surface area contributed by atoms with E-state index >= 15 is 0 Å². The summed E-state index contributed by atoms with van der Waals surface area (Å²) in [5.41, 5.74) is 28.3. The van der Waals surface area contributed by atoms with Crippen LogP contribution in [-0.2, 0) is 16.2 Å². The highest BCUT2D eigenvalue weighted by atomic mass is 16.5. The van der Waals surface area contributed by atoms with Gasteiger partial charge < -0.3 is 19.3 Å². The van der Waals surface area contributed by atoms with E-state index in [1.54, 1.807) is 0 Å². The van der Waals surface area contributed by atoms with Crippen molar-refractivity contribution in [2.45, 2.75) is 89.9 Å². The molecule has 4 heteroatoms. The Labute approximate surface area is 591 Å². The zero-order chi connectivity index (χ0) is 68.3. The van der Waals surface area contributed by atoms with Gasteiger partial charge in [-0.1, -0.05) is 232 Å². The maximum absolute atomic E-state index is 6.69. The normalized spacial score (nSPS) is 20.9. The highest BCUT2D eigenvalue weighted by Crippen LogP contribution is 2.61. The number of aryl methyl sites for hydroxylation is 4. The summed E-state index contributed by atoms with van der Waals surface area (Å²) in [5, 5.41) is 0. The zero-order valence-corrected chi connectivity index (χ0v) is 58.2. The molecule has 0 N–H and O–H groups in total. The van der Waals surface area contributed by atoms with Crippen LogP contribution in [0.5, 0.6) is 11.5 Å². The third kappa shape index (κ3) is 10.9. The number of allylic oxidation sites excluding steroid dienone is 16. The van der Waals surface area contributed by atoms with E-state index in [1.165, 1.54) is 106 Å². The quantitative estimate of drug-likeness (QED) is 0.0849. The van der Waals surface area contributed by atoms with E-state index in [-0.39, 0.29) is 11.3 Å². The number of benzene rings is 10. The molecule has 5 atom stereocenters. The molecule has 5 unspecified atom stereocenters. The van der Waals surface area contributed by atoms with Crippen molar-refractivity contribution in [1.82, 2.24) is 0 Å². The van der Waals surface area contributed by atoms with Crippen LogP contribution in [0.3, 0.4) is 0 Å². The first-order chi connectivity index (χ1) is 48.8. The molecular weight excluding hydrogens is 1210 g/mol. The Balaban J connectivity index is 0.746. The maximum atomic E-state index is 6.69. The first-order valence-corrected chi connectivity index (χ1v) is 35.6. The van der Waals surface area contributed by atoms with E-state index in [0.29, 0.717) is 5.92 Å². The van der Waals surface area contributed by atoms with Gasteiger partial charge in [0, 0.05) is 45.5 Å². The third-order valence-corrected chi connectivity index (χ3v) is 22.1. The minimum atomic E-state index is -0.637. The molecule has 10 aromatic carbocycles. The average molecular weight is 1300 g/mol. The molecule has 6 aliphatic carbocycles. The second kappa shape index (κ2) is 25.9. The fourth-order valence-corrected chi connectivity index (χ4v) is 16.9. The van der Waals surface area contributed by atoms with Crippen molar-refractivity contribution in [2.24, 2.45) is 11.8 Å². The van der Waals surface area contributed by atoms with Crippen LogP contribution in [0.2, 0.25) is 0 Å². The summed E-state index contributed by atoms with van der Waals surface area (Å²) < 4.78 is 13.2. The fraction of sp³-hybridized carbons (Fsp3) is 0.167.